The number of urea groups is 1. The van der Waals surface area contributed by atoms with Crippen molar-refractivity contribution in [2.24, 2.45) is 10.7 Å². The first kappa shape index (κ1) is 9.67. The van der Waals surface area contributed by atoms with E-state index < -0.39 is 0 Å². The SMILES string of the molecule is CN1C(=O)N=C(N)C1c1sccc1Br. The minimum atomic E-state index is -0.284. The van der Waals surface area contributed by atoms with Gasteiger partial charge in [0.2, 0.25) is 0 Å². The van der Waals surface area contributed by atoms with Gasteiger partial charge in [0.1, 0.15) is 11.9 Å². The number of nitrogens with two attached hydrogens (primary N) is 1. The normalized spacial score (nSPS) is 21.6. The van der Waals surface area contributed by atoms with Crippen LogP contribution in [0.4, 0.5) is 4.79 Å². The van der Waals surface area contributed by atoms with Gasteiger partial charge in [-0.3, -0.25) is 0 Å². The molecule has 2 N–H and O–H groups in total. The summed E-state index contributed by atoms with van der Waals surface area (Å²) in [6, 6.07) is 1.44. The van der Waals surface area contributed by atoms with Gasteiger partial charge >= 0.3 is 6.03 Å². The van der Waals surface area contributed by atoms with E-state index >= 15 is 0 Å². The molecule has 1 aromatic rings. The number of nitrogens with zero attached hydrogens (tertiary/aromatic N) is 2. The Morgan fingerprint density at radius 2 is 2.43 bits per heavy atom. The second kappa shape index (κ2) is 3.36. The predicted molar refractivity (Wildman–Crippen MR) is 59.5 cm³/mol. The van der Waals surface area contributed by atoms with E-state index in [9.17, 15) is 4.79 Å². The molecular weight excluding hydrogens is 266 g/mol. The fraction of sp³-hybridized carbons (Fsp3) is 0.250. The molecular formula is C8H8BrN3OS. The van der Waals surface area contributed by atoms with Gasteiger partial charge in [0, 0.05) is 16.4 Å². The van der Waals surface area contributed by atoms with Crippen molar-refractivity contribution in [2.75, 3.05) is 7.05 Å². The smallest absolute Gasteiger partial charge is 0.345 e. The van der Waals surface area contributed by atoms with Crippen molar-refractivity contribution in [3.8, 4) is 0 Å². The molecule has 2 amide bonds. The molecule has 1 aliphatic heterocycles. The lowest BCUT2D eigenvalue weighted by Crippen LogP contribution is -2.29. The minimum Gasteiger partial charge on any atom is -0.385 e. The van der Waals surface area contributed by atoms with Gasteiger partial charge in [0.25, 0.3) is 0 Å². The number of thiophene rings is 1. The maximum absolute atomic E-state index is 11.2. The topological polar surface area (TPSA) is 58.7 Å². The van der Waals surface area contributed by atoms with Crippen LogP contribution in [0, 0.1) is 0 Å². The highest BCUT2D eigenvalue weighted by Crippen LogP contribution is 2.34. The summed E-state index contributed by atoms with van der Waals surface area (Å²) in [6.07, 6.45) is 0. The Bertz CT molecular complexity index is 414. The van der Waals surface area contributed by atoms with Gasteiger partial charge < -0.3 is 10.6 Å². The van der Waals surface area contributed by atoms with Crippen LogP contribution >= 0.6 is 27.3 Å². The van der Waals surface area contributed by atoms with Crippen molar-refractivity contribution in [2.45, 2.75) is 6.04 Å². The highest BCUT2D eigenvalue weighted by Gasteiger charge is 2.33. The molecule has 0 saturated carbocycles. The molecule has 74 valence electrons. The number of likely N-dealkylation sites (N-methyl/N-ethyl adjacent to an activating group) is 1. The van der Waals surface area contributed by atoms with Crippen LogP contribution in [-0.2, 0) is 0 Å². The van der Waals surface area contributed by atoms with Crippen LogP contribution in [0.3, 0.4) is 0 Å². The van der Waals surface area contributed by atoms with Crippen LogP contribution in [-0.4, -0.2) is 23.8 Å². The number of hydrogen-bond acceptors (Lipinski definition) is 3. The molecule has 1 aromatic heterocycles. The molecule has 4 nitrogen and oxygen atoms in total. The van der Waals surface area contributed by atoms with Gasteiger partial charge in [-0.25, -0.2) is 4.79 Å². The zero-order valence-corrected chi connectivity index (χ0v) is 9.80. The number of amidine groups is 1. The first-order chi connectivity index (χ1) is 6.61. The van der Waals surface area contributed by atoms with E-state index in [1.807, 2.05) is 11.4 Å². The summed E-state index contributed by atoms with van der Waals surface area (Å²) >= 11 is 4.97. The summed E-state index contributed by atoms with van der Waals surface area (Å²) in [5.41, 5.74) is 5.69. The molecule has 2 rings (SSSR count). The number of carbonyl (C=O) groups is 1. The molecule has 0 bridgehead atoms. The Morgan fingerprint density at radius 1 is 1.71 bits per heavy atom. The average molecular weight is 274 g/mol. The van der Waals surface area contributed by atoms with Gasteiger partial charge in [0.05, 0.1) is 0 Å². The Morgan fingerprint density at radius 3 is 2.86 bits per heavy atom. The highest BCUT2D eigenvalue weighted by atomic mass is 79.9. The van der Waals surface area contributed by atoms with Crippen LogP contribution < -0.4 is 5.73 Å². The van der Waals surface area contributed by atoms with Crippen molar-refractivity contribution in [3.63, 3.8) is 0 Å². The van der Waals surface area contributed by atoms with Crippen molar-refractivity contribution >= 4 is 39.1 Å². The zero-order chi connectivity index (χ0) is 10.3. The molecule has 14 heavy (non-hydrogen) atoms. The van der Waals surface area contributed by atoms with Gasteiger partial charge in [-0.1, -0.05) is 0 Å². The largest absolute Gasteiger partial charge is 0.385 e. The van der Waals surface area contributed by atoms with E-state index in [2.05, 4.69) is 20.9 Å². The third-order valence-corrected chi connectivity index (χ3v) is 4.01. The van der Waals surface area contributed by atoms with Gasteiger partial charge in [-0.05, 0) is 27.4 Å². The fourth-order valence-electron chi connectivity index (χ4n) is 1.37. The number of rotatable bonds is 1. The van der Waals surface area contributed by atoms with Crippen LogP contribution in [0.2, 0.25) is 0 Å². The summed E-state index contributed by atoms with van der Waals surface area (Å²) in [7, 11) is 1.70. The maximum Gasteiger partial charge on any atom is 0.345 e. The maximum atomic E-state index is 11.2. The average Bonchev–Trinajstić information content (AvgIpc) is 2.60. The fourth-order valence-corrected chi connectivity index (χ4v) is 3.11. The summed E-state index contributed by atoms with van der Waals surface area (Å²) in [6.45, 7) is 0. The first-order valence-corrected chi connectivity index (χ1v) is 5.62. The van der Waals surface area contributed by atoms with Gasteiger partial charge in [0.15, 0.2) is 0 Å². The summed E-state index contributed by atoms with van der Waals surface area (Å²) in [5.74, 6) is 0.362. The molecule has 0 spiro atoms. The lowest BCUT2D eigenvalue weighted by atomic mass is 10.2. The lowest BCUT2D eigenvalue weighted by molar-refractivity contribution is 0.219. The van der Waals surface area contributed by atoms with E-state index in [-0.39, 0.29) is 12.1 Å². The molecule has 1 aliphatic rings. The number of amides is 2. The molecule has 0 aliphatic carbocycles. The molecule has 6 heteroatoms. The lowest BCUT2D eigenvalue weighted by Gasteiger charge is -2.18. The Hall–Kier alpha value is -0.880. The van der Waals surface area contributed by atoms with Crippen LogP contribution in [0.1, 0.15) is 10.9 Å². The standard InChI is InChI=1S/C8H8BrN3OS/c1-12-5(7(10)11-8(12)13)6-4(9)2-3-14-6/h2-3,5H,1H3,(H2,10,11,13). The zero-order valence-electron chi connectivity index (χ0n) is 7.40. The van der Waals surface area contributed by atoms with Crippen LogP contribution in [0.5, 0.6) is 0 Å². The Kier molecular flexibility index (Phi) is 2.32. The Balaban J connectivity index is 2.41. The molecule has 2 heterocycles. The molecule has 1 unspecified atom stereocenters. The van der Waals surface area contributed by atoms with Crippen molar-refractivity contribution < 1.29 is 4.79 Å². The number of hydrogen-bond donors (Lipinski definition) is 1. The van der Waals surface area contributed by atoms with E-state index in [1.54, 1.807) is 18.4 Å². The minimum absolute atomic E-state index is 0.211. The van der Waals surface area contributed by atoms with Crippen LogP contribution in [0.15, 0.2) is 20.9 Å². The summed E-state index contributed by atoms with van der Waals surface area (Å²) in [4.78, 5) is 17.5. The highest BCUT2D eigenvalue weighted by molar-refractivity contribution is 9.10. The van der Waals surface area contributed by atoms with Gasteiger partial charge in [-0.2, -0.15) is 4.99 Å². The first-order valence-electron chi connectivity index (χ1n) is 3.95. The second-order valence-corrected chi connectivity index (χ2v) is 4.77. The monoisotopic (exact) mass is 273 g/mol. The number of aliphatic imine (C=N–C) groups is 1. The van der Waals surface area contributed by atoms with Crippen molar-refractivity contribution in [1.82, 2.24) is 4.90 Å². The van der Waals surface area contributed by atoms with Crippen molar-refractivity contribution in [3.05, 3.63) is 20.8 Å². The third kappa shape index (κ3) is 1.34. The van der Waals surface area contributed by atoms with Crippen molar-refractivity contribution in [1.29, 1.82) is 0 Å². The van der Waals surface area contributed by atoms with Gasteiger partial charge in [-0.15, -0.1) is 11.3 Å². The molecule has 0 saturated heterocycles. The van der Waals surface area contributed by atoms with E-state index in [4.69, 9.17) is 5.73 Å². The van der Waals surface area contributed by atoms with E-state index in [0.717, 1.165) is 9.35 Å². The second-order valence-electron chi connectivity index (χ2n) is 2.97. The Labute approximate surface area is 93.5 Å². The molecule has 0 aromatic carbocycles. The summed E-state index contributed by atoms with van der Waals surface area (Å²) < 4.78 is 0.965. The molecule has 0 fully saturated rings. The molecule has 1 atom stereocenters. The van der Waals surface area contributed by atoms with Crippen LogP contribution in [0.25, 0.3) is 0 Å². The number of halogens is 1. The third-order valence-electron chi connectivity index (χ3n) is 2.09. The number of carbonyl (C=O) groups excluding carboxylic acids is 1. The predicted octanol–water partition coefficient (Wildman–Crippen LogP) is 1.97. The molecule has 0 radical (unpaired) electrons. The van der Waals surface area contributed by atoms with E-state index in [0.29, 0.717) is 5.84 Å². The summed E-state index contributed by atoms with van der Waals surface area (Å²) in [5, 5.41) is 1.95. The van der Waals surface area contributed by atoms with E-state index in [1.165, 1.54) is 4.90 Å². The quantitative estimate of drug-likeness (QED) is 0.851.